The van der Waals surface area contributed by atoms with E-state index in [1.165, 1.54) is 5.69 Å². The number of aryl methyl sites for hydroxylation is 1. The fraction of sp³-hybridized carbons (Fsp3) is 0.429. The van der Waals surface area contributed by atoms with Crippen molar-refractivity contribution in [2.24, 2.45) is 11.8 Å². The Kier molecular flexibility index (Phi) is 4.10. The van der Waals surface area contributed by atoms with Crippen LogP contribution in [0.25, 0.3) is 10.9 Å². The maximum atomic E-state index is 10.7. The van der Waals surface area contributed by atoms with Gasteiger partial charge in [0.1, 0.15) is 0 Å². The van der Waals surface area contributed by atoms with Crippen LogP contribution in [0.4, 0.5) is 5.69 Å². The summed E-state index contributed by atoms with van der Waals surface area (Å²) in [5.41, 5.74) is 3.32. The molecule has 1 saturated carbocycles. The molecular weight excluding hydrogens is 360 g/mol. The smallest absolute Gasteiger partial charge is 0.0949 e. The van der Waals surface area contributed by atoms with Crippen LogP contribution >= 0.6 is 11.6 Å². The lowest BCUT2D eigenvalue weighted by atomic mass is 9.77. The van der Waals surface area contributed by atoms with Gasteiger partial charge >= 0.3 is 0 Å². The highest BCUT2D eigenvalue weighted by molar-refractivity contribution is 6.31. The van der Waals surface area contributed by atoms with E-state index in [-0.39, 0.29) is 12.1 Å². The van der Waals surface area contributed by atoms with Gasteiger partial charge in [0.05, 0.1) is 24.0 Å². The molecular formula is C21H23ClN4O. The van der Waals surface area contributed by atoms with Crippen molar-refractivity contribution >= 4 is 28.2 Å². The molecule has 2 aliphatic rings. The first-order chi connectivity index (χ1) is 13.1. The maximum absolute atomic E-state index is 10.7. The quantitative estimate of drug-likeness (QED) is 0.731. The average molecular weight is 383 g/mol. The molecule has 27 heavy (non-hydrogen) atoms. The molecule has 0 radical (unpaired) electrons. The first kappa shape index (κ1) is 17.0. The number of rotatable bonds is 2. The van der Waals surface area contributed by atoms with E-state index in [1.807, 2.05) is 30.9 Å². The predicted octanol–water partition coefficient (Wildman–Crippen LogP) is 3.84. The van der Waals surface area contributed by atoms with Crippen molar-refractivity contribution < 1.29 is 5.11 Å². The van der Waals surface area contributed by atoms with Crippen LogP contribution in [0.1, 0.15) is 24.4 Å². The third kappa shape index (κ3) is 2.89. The van der Waals surface area contributed by atoms with E-state index < -0.39 is 0 Å². The number of aliphatic hydroxyl groups is 1. The van der Waals surface area contributed by atoms with Crippen molar-refractivity contribution in [3.8, 4) is 0 Å². The summed E-state index contributed by atoms with van der Waals surface area (Å²) in [6.45, 7) is 4.04. The number of benzene rings is 1. The van der Waals surface area contributed by atoms with Gasteiger partial charge in [-0.1, -0.05) is 11.6 Å². The number of pyridine rings is 1. The number of halogens is 1. The van der Waals surface area contributed by atoms with Gasteiger partial charge < -0.3 is 14.6 Å². The van der Waals surface area contributed by atoms with Gasteiger partial charge in [0.2, 0.25) is 0 Å². The molecule has 5 nitrogen and oxygen atoms in total. The van der Waals surface area contributed by atoms with Crippen LogP contribution in [0.2, 0.25) is 5.02 Å². The van der Waals surface area contributed by atoms with Crippen molar-refractivity contribution in [2.45, 2.75) is 31.9 Å². The largest absolute Gasteiger partial charge is 0.391 e. The zero-order chi connectivity index (χ0) is 18.5. The van der Waals surface area contributed by atoms with Crippen LogP contribution in [-0.4, -0.2) is 38.8 Å². The van der Waals surface area contributed by atoms with Crippen molar-refractivity contribution in [1.82, 2.24) is 14.5 Å². The lowest BCUT2D eigenvalue weighted by molar-refractivity contribution is 0.0358. The van der Waals surface area contributed by atoms with Crippen molar-refractivity contribution in [3.05, 3.63) is 53.7 Å². The number of hydrogen-bond acceptors (Lipinski definition) is 4. The van der Waals surface area contributed by atoms with Gasteiger partial charge in [0, 0.05) is 47.8 Å². The van der Waals surface area contributed by atoms with Gasteiger partial charge in [0.15, 0.2) is 0 Å². The minimum absolute atomic E-state index is 0.125. The standard InChI is InChI=1S/C21H23ClN4O/c1-13-6-16(22)9-17-18(2-3-24-21(13)17)26-10-14-7-19(25-5-4-23-12-25)20(27)8-15(14)11-26/h2-6,9,12,14-15,19-20,27H,7-8,10-11H2,1H3/t14-,15+,19-,20-/m1/s1. The molecule has 1 aromatic carbocycles. The molecule has 3 aromatic rings. The molecule has 1 N–H and O–H groups in total. The minimum atomic E-state index is -0.314. The average Bonchev–Trinajstić information content (AvgIpc) is 3.29. The second kappa shape index (κ2) is 6.50. The number of fused-ring (bicyclic) bond motifs is 2. The fourth-order valence-electron chi connectivity index (χ4n) is 5.04. The molecule has 140 valence electrons. The van der Waals surface area contributed by atoms with E-state index in [9.17, 15) is 5.11 Å². The highest BCUT2D eigenvalue weighted by Gasteiger charge is 2.42. The van der Waals surface area contributed by atoms with E-state index in [1.54, 1.807) is 6.20 Å². The summed E-state index contributed by atoms with van der Waals surface area (Å²) >= 11 is 6.33. The third-order valence-electron chi connectivity index (χ3n) is 6.33. The van der Waals surface area contributed by atoms with E-state index in [4.69, 9.17) is 11.6 Å². The zero-order valence-corrected chi connectivity index (χ0v) is 16.0. The Hall–Kier alpha value is -2.11. The molecule has 2 fully saturated rings. The van der Waals surface area contributed by atoms with Gasteiger partial charge in [-0.25, -0.2) is 4.98 Å². The number of imidazole rings is 1. The molecule has 1 aliphatic heterocycles. The van der Waals surface area contributed by atoms with Gasteiger partial charge in [-0.3, -0.25) is 4.98 Å². The molecule has 1 aliphatic carbocycles. The minimum Gasteiger partial charge on any atom is -0.391 e. The van der Waals surface area contributed by atoms with Crippen LogP contribution in [-0.2, 0) is 0 Å². The number of aromatic nitrogens is 3. The van der Waals surface area contributed by atoms with Crippen LogP contribution in [0, 0.1) is 18.8 Å². The summed E-state index contributed by atoms with van der Waals surface area (Å²) in [5.74, 6) is 1.09. The van der Waals surface area contributed by atoms with Crippen LogP contribution < -0.4 is 4.90 Å². The van der Waals surface area contributed by atoms with Gasteiger partial charge in [-0.2, -0.15) is 0 Å². The Bertz CT molecular complexity index is 974. The number of hydrogen-bond donors (Lipinski definition) is 1. The lowest BCUT2D eigenvalue weighted by Gasteiger charge is -2.35. The van der Waals surface area contributed by atoms with Crippen LogP contribution in [0.5, 0.6) is 0 Å². The fourth-order valence-corrected chi connectivity index (χ4v) is 5.31. The summed E-state index contributed by atoms with van der Waals surface area (Å²) in [7, 11) is 0. The molecule has 4 atom stereocenters. The van der Waals surface area contributed by atoms with E-state index in [0.717, 1.165) is 47.4 Å². The van der Waals surface area contributed by atoms with E-state index in [0.29, 0.717) is 11.8 Å². The lowest BCUT2D eigenvalue weighted by Crippen LogP contribution is -2.35. The summed E-state index contributed by atoms with van der Waals surface area (Å²) in [6.07, 6.45) is 8.98. The Morgan fingerprint density at radius 3 is 2.74 bits per heavy atom. The molecule has 1 saturated heterocycles. The first-order valence-electron chi connectivity index (χ1n) is 9.55. The highest BCUT2D eigenvalue weighted by Crippen LogP contribution is 2.43. The summed E-state index contributed by atoms with van der Waals surface area (Å²) in [5, 5.41) is 12.6. The second-order valence-electron chi connectivity index (χ2n) is 7.99. The molecule has 5 rings (SSSR count). The number of aliphatic hydroxyl groups excluding tert-OH is 1. The zero-order valence-electron chi connectivity index (χ0n) is 15.3. The maximum Gasteiger partial charge on any atom is 0.0949 e. The molecule has 0 spiro atoms. The molecule has 2 aromatic heterocycles. The molecule has 6 heteroatoms. The van der Waals surface area contributed by atoms with Gasteiger partial charge in [-0.05, 0) is 55.4 Å². The van der Waals surface area contributed by atoms with E-state index >= 15 is 0 Å². The highest BCUT2D eigenvalue weighted by atomic mass is 35.5. The van der Waals surface area contributed by atoms with Gasteiger partial charge in [-0.15, -0.1) is 0 Å². The molecule has 0 unspecified atom stereocenters. The van der Waals surface area contributed by atoms with Crippen molar-refractivity contribution in [2.75, 3.05) is 18.0 Å². The number of anilines is 1. The first-order valence-corrected chi connectivity index (χ1v) is 9.93. The second-order valence-corrected chi connectivity index (χ2v) is 8.43. The summed E-state index contributed by atoms with van der Waals surface area (Å²) in [6, 6.07) is 6.21. The third-order valence-corrected chi connectivity index (χ3v) is 6.55. The molecule has 0 amide bonds. The summed E-state index contributed by atoms with van der Waals surface area (Å²) < 4.78 is 2.06. The number of nitrogens with zero attached hydrogens (tertiary/aromatic N) is 4. The Morgan fingerprint density at radius 2 is 1.96 bits per heavy atom. The SMILES string of the molecule is Cc1cc(Cl)cc2c(N3C[C@H]4C[C@@H](n5ccnc5)[C@H](O)C[C@H]4C3)ccnc12. The Morgan fingerprint density at radius 1 is 1.15 bits per heavy atom. The van der Waals surface area contributed by atoms with Crippen molar-refractivity contribution in [1.29, 1.82) is 0 Å². The molecule has 3 heterocycles. The Balaban J connectivity index is 1.45. The van der Waals surface area contributed by atoms with Crippen LogP contribution in [0.3, 0.4) is 0 Å². The normalized spacial score (nSPS) is 27.9. The van der Waals surface area contributed by atoms with E-state index in [2.05, 4.69) is 32.4 Å². The monoisotopic (exact) mass is 382 g/mol. The topological polar surface area (TPSA) is 54.2 Å². The summed E-state index contributed by atoms with van der Waals surface area (Å²) in [4.78, 5) is 11.2. The van der Waals surface area contributed by atoms with Crippen molar-refractivity contribution in [3.63, 3.8) is 0 Å². The predicted molar refractivity (Wildman–Crippen MR) is 107 cm³/mol. The Labute approximate surface area is 163 Å². The molecule has 0 bridgehead atoms. The van der Waals surface area contributed by atoms with Crippen LogP contribution in [0.15, 0.2) is 43.1 Å². The van der Waals surface area contributed by atoms with Gasteiger partial charge in [0.25, 0.3) is 0 Å².